The molecule has 0 atom stereocenters. The van der Waals surface area contributed by atoms with E-state index in [0.29, 0.717) is 30.4 Å². The minimum atomic E-state index is -0.717. The second-order valence-corrected chi connectivity index (χ2v) is 5.89. The zero-order valence-corrected chi connectivity index (χ0v) is 15.1. The fourth-order valence-electron chi connectivity index (χ4n) is 2.54. The van der Waals surface area contributed by atoms with Crippen LogP contribution in [0.15, 0.2) is 52.9 Å². The number of imide groups is 1. The average Bonchev–Trinajstić information content (AvgIpc) is 3.22. The van der Waals surface area contributed by atoms with Crippen LogP contribution >= 0.6 is 0 Å². The summed E-state index contributed by atoms with van der Waals surface area (Å²) in [4.78, 5) is 23.9. The van der Waals surface area contributed by atoms with Crippen molar-refractivity contribution in [2.75, 3.05) is 25.1 Å². The number of urea groups is 1. The molecule has 0 fully saturated rings. The SMILES string of the molecule is O=C(COc1nnc(-c2ccccc2)o1)NC(=O)Nc1ccc2c(c1)OCCO2. The zero-order chi connectivity index (χ0) is 20.1. The van der Waals surface area contributed by atoms with Crippen LogP contribution in [0.1, 0.15) is 0 Å². The molecule has 29 heavy (non-hydrogen) atoms. The van der Waals surface area contributed by atoms with Gasteiger partial charge in [-0.3, -0.25) is 10.1 Å². The maximum absolute atomic E-state index is 12.0. The summed E-state index contributed by atoms with van der Waals surface area (Å²) in [5, 5.41) is 12.2. The fourth-order valence-corrected chi connectivity index (χ4v) is 2.54. The van der Waals surface area contributed by atoms with E-state index < -0.39 is 18.5 Å². The zero-order valence-electron chi connectivity index (χ0n) is 15.1. The normalized spacial score (nSPS) is 12.1. The third-order valence-corrected chi connectivity index (χ3v) is 3.81. The van der Waals surface area contributed by atoms with E-state index in [-0.39, 0.29) is 12.0 Å². The van der Waals surface area contributed by atoms with Gasteiger partial charge in [0.25, 0.3) is 11.8 Å². The topological polar surface area (TPSA) is 125 Å². The van der Waals surface area contributed by atoms with Crippen molar-refractivity contribution in [3.05, 3.63) is 48.5 Å². The molecule has 2 heterocycles. The minimum absolute atomic E-state index is 0.175. The van der Waals surface area contributed by atoms with Crippen molar-refractivity contribution >= 4 is 17.6 Å². The molecule has 0 saturated heterocycles. The molecular formula is C19H16N4O6. The molecule has 2 aromatic carbocycles. The summed E-state index contributed by atoms with van der Waals surface area (Å²) in [5.41, 5.74) is 1.17. The molecule has 148 valence electrons. The number of hydrogen-bond donors (Lipinski definition) is 2. The molecule has 10 heteroatoms. The highest BCUT2D eigenvalue weighted by Gasteiger charge is 2.15. The number of anilines is 1. The highest BCUT2D eigenvalue weighted by molar-refractivity contribution is 6.01. The molecule has 10 nitrogen and oxygen atoms in total. The summed E-state index contributed by atoms with van der Waals surface area (Å²) in [6, 6.07) is 13.3. The third kappa shape index (κ3) is 4.61. The predicted octanol–water partition coefficient (Wildman–Crippen LogP) is 2.23. The van der Waals surface area contributed by atoms with Gasteiger partial charge in [-0.1, -0.05) is 23.3 Å². The number of ether oxygens (including phenoxy) is 3. The maximum Gasteiger partial charge on any atom is 0.415 e. The third-order valence-electron chi connectivity index (χ3n) is 3.81. The Balaban J connectivity index is 1.26. The average molecular weight is 396 g/mol. The molecule has 0 radical (unpaired) electrons. The number of carbonyl (C=O) groups excluding carboxylic acids is 2. The first kappa shape index (κ1) is 18.3. The maximum atomic E-state index is 12.0. The number of rotatable bonds is 5. The number of benzene rings is 2. The van der Waals surface area contributed by atoms with Crippen LogP contribution in [0.3, 0.4) is 0 Å². The molecule has 1 aliphatic rings. The molecule has 1 aromatic heterocycles. The Kier molecular flexibility index (Phi) is 5.23. The Morgan fingerprint density at radius 2 is 1.79 bits per heavy atom. The quantitative estimate of drug-likeness (QED) is 0.673. The van der Waals surface area contributed by atoms with Gasteiger partial charge in [0, 0.05) is 17.3 Å². The van der Waals surface area contributed by atoms with Crippen molar-refractivity contribution in [3.8, 4) is 29.0 Å². The highest BCUT2D eigenvalue weighted by atomic mass is 16.6. The molecule has 0 unspecified atom stereocenters. The van der Waals surface area contributed by atoms with Gasteiger partial charge < -0.3 is 23.9 Å². The molecule has 0 saturated carbocycles. The van der Waals surface area contributed by atoms with Gasteiger partial charge in [-0.2, -0.15) is 0 Å². The lowest BCUT2D eigenvalue weighted by atomic mass is 10.2. The van der Waals surface area contributed by atoms with Gasteiger partial charge in [-0.15, -0.1) is 5.10 Å². The van der Waals surface area contributed by atoms with E-state index in [2.05, 4.69) is 20.8 Å². The molecule has 0 aliphatic carbocycles. The molecule has 0 bridgehead atoms. The van der Waals surface area contributed by atoms with Crippen LogP contribution in [0.4, 0.5) is 10.5 Å². The minimum Gasteiger partial charge on any atom is -0.486 e. The number of amides is 3. The Bertz CT molecular complexity index is 1020. The Labute approximate surface area is 164 Å². The van der Waals surface area contributed by atoms with E-state index in [1.54, 1.807) is 30.3 Å². The van der Waals surface area contributed by atoms with Gasteiger partial charge in [0.2, 0.25) is 0 Å². The Morgan fingerprint density at radius 3 is 2.62 bits per heavy atom. The number of nitrogens with one attached hydrogen (secondary N) is 2. The number of nitrogens with zero attached hydrogens (tertiary/aromatic N) is 2. The number of hydrogen-bond acceptors (Lipinski definition) is 8. The van der Waals surface area contributed by atoms with E-state index in [0.717, 1.165) is 5.56 Å². The van der Waals surface area contributed by atoms with Gasteiger partial charge in [0.15, 0.2) is 18.1 Å². The van der Waals surface area contributed by atoms with Gasteiger partial charge in [-0.25, -0.2) is 4.79 Å². The predicted molar refractivity (Wildman–Crippen MR) is 99.8 cm³/mol. The molecular weight excluding hydrogens is 380 g/mol. The van der Waals surface area contributed by atoms with Crippen LogP contribution in [0, 0.1) is 0 Å². The lowest BCUT2D eigenvalue weighted by Gasteiger charge is -2.19. The van der Waals surface area contributed by atoms with Crippen molar-refractivity contribution < 1.29 is 28.2 Å². The van der Waals surface area contributed by atoms with E-state index in [1.165, 1.54) is 0 Å². The van der Waals surface area contributed by atoms with Crippen LogP contribution < -0.4 is 24.8 Å². The van der Waals surface area contributed by atoms with Gasteiger partial charge in [-0.05, 0) is 24.3 Å². The summed E-state index contributed by atoms with van der Waals surface area (Å²) in [7, 11) is 0. The summed E-state index contributed by atoms with van der Waals surface area (Å²) < 4.78 is 21.3. The van der Waals surface area contributed by atoms with Crippen LogP contribution in [0.25, 0.3) is 11.5 Å². The molecule has 1 aliphatic heterocycles. The molecule has 3 amide bonds. The number of carbonyl (C=O) groups is 2. The summed E-state index contributed by atoms with van der Waals surface area (Å²) in [5.74, 6) is 0.701. The largest absolute Gasteiger partial charge is 0.486 e. The molecule has 0 spiro atoms. The van der Waals surface area contributed by atoms with Crippen molar-refractivity contribution in [3.63, 3.8) is 0 Å². The van der Waals surface area contributed by atoms with Crippen molar-refractivity contribution in [2.45, 2.75) is 0 Å². The van der Waals surface area contributed by atoms with Crippen LogP contribution in [0.5, 0.6) is 17.6 Å². The van der Waals surface area contributed by atoms with Crippen molar-refractivity contribution in [1.29, 1.82) is 0 Å². The lowest BCUT2D eigenvalue weighted by Crippen LogP contribution is -2.37. The van der Waals surface area contributed by atoms with Crippen molar-refractivity contribution in [2.24, 2.45) is 0 Å². The Morgan fingerprint density at radius 1 is 1.00 bits per heavy atom. The van der Waals surface area contributed by atoms with Crippen molar-refractivity contribution in [1.82, 2.24) is 15.5 Å². The second-order valence-electron chi connectivity index (χ2n) is 5.89. The Hall–Kier alpha value is -4.08. The lowest BCUT2D eigenvalue weighted by molar-refractivity contribution is -0.122. The molecule has 2 N–H and O–H groups in total. The van der Waals surface area contributed by atoms with E-state index in [9.17, 15) is 9.59 Å². The van der Waals surface area contributed by atoms with Gasteiger partial charge in [0.1, 0.15) is 13.2 Å². The summed E-state index contributed by atoms with van der Waals surface area (Å²) >= 11 is 0. The van der Waals surface area contributed by atoms with Crippen LogP contribution in [-0.2, 0) is 4.79 Å². The highest BCUT2D eigenvalue weighted by Crippen LogP contribution is 2.32. The van der Waals surface area contributed by atoms with Gasteiger partial charge >= 0.3 is 12.1 Å². The summed E-state index contributed by atoms with van der Waals surface area (Å²) in [6.45, 7) is 0.437. The van der Waals surface area contributed by atoms with Crippen LogP contribution in [-0.4, -0.2) is 42.0 Å². The monoisotopic (exact) mass is 396 g/mol. The fraction of sp³-hybridized carbons (Fsp3) is 0.158. The molecule has 3 aromatic rings. The smallest absolute Gasteiger partial charge is 0.415 e. The molecule has 4 rings (SSSR count). The number of fused-ring (bicyclic) bond motifs is 1. The first-order chi connectivity index (χ1) is 14.2. The standard InChI is InChI=1S/C19H16N4O6/c24-16(11-28-19-23-22-17(29-19)12-4-2-1-3-5-12)21-18(25)20-13-6-7-14-15(10-13)27-9-8-26-14/h1-7,10H,8-9,11H2,(H2,20,21,24,25). The van der Waals surface area contributed by atoms with Crippen LogP contribution in [0.2, 0.25) is 0 Å². The number of aromatic nitrogens is 2. The summed E-state index contributed by atoms with van der Waals surface area (Å²) in [6.07, 6.45) is -0.175. The van der Waals surface area contributed by atoms with E-state index in [4.69, 9.17) is 18.6 Å². The first-order valence-electron chi connectivity index (χ1n) is 8.69. The van der Waals surface area contributed by atoms with E-state index >= 15 is 0 Å². The second kappa shape index (κ2) is 8.30. The first-order valence-corrected chi connectivity index (χ1v) is 8.69. The van der Waals surface area contributed by atoms with E-state index in [1.807, 2.05) is 18.2 Å². The van der Waals surface area contributed by atoms with Gasteiger partial charge in [0.05, 0.1) is 0 Å².